The highest BCUT2D eigenvalue weighted by atomic mass is 16.7. The van der Waals surface area contributed by atoms with Gasteiger partial charge in [-0.3, -0.25) is 15.0 Å². The summed E-state index contributed by atoms with van der Waals surface area (Å²) in [6.45, 7) is 5.91. The average Bonchev–Trinajstić information content (AvgIpc) is 3.02. The number of nitrogens with zero attached hydrogens (tertiary/aromatic N) is 2. The summed E-state index contributed by atoms with van der Waals surface area (Å²) in [4.78, 5) is 13.6. The molecule has 0 unspecified atom stereocenters. The van der Waals surface area contributed by atoms with Crippen LogP contribution < -0.4 is 14.8 Å². The van der Waals surface area contributed by atoms with Crippen LogP contribution in [0.4, 0.5) is 5.69 Å². The van der Waals surface area contributed by atoms with E-state index in [0.717, 1.165) is 51.0 Å². The molecule has 0 spiro atoms. The van der Waals surface area contributed by atoms with Gasteiger partial charge in [0.15, 0.2) is 11.5 Å². The predicted octanol–water partition coefficient (Wildman–Crippen LogP) is 2.46. The maximum absolute atomic E-state index is 11.6. The standard InChI is InChI=1S/C16H23N3O4/c1-2-3-4-13(18-7-5-17-6-8-18)12-9-15-16(23-11-22-15)10-14(12)19(20)21/h9-10,13,17H,2-8,11H2,1H3/t13-/m1/s1. The Labute approximate surface area is 135 Å². The van der Waals surface area contributed by atoms with E-state index in [1.165, 1.54) is 6.07 Å². The number of fused-ring (bicyclic) bond motifs is 1. The number of unbranched alkanes of at least 4 members (excludes halogenated alkanes) is 1. The maximum Gasteiger partial charge on any atom is 0.278 e. The summed E-state index contributed by atoms with van der Waals surface area (Å²) in [5.41, 5.74) is 0.878. The van der Waals surface area contributed by atoms with E-state index in [1.807, 2.05) is 6.07 Å². The van der Waals surface area contributed by atoms with Crippen molar-refractivity contribution >= 4 is 5.69 Å². The minimum absolute atomic E-state index is 0.0481. The van der Waals surface area contributed by atoms with Gasteiger partial charge in [0, 0.05) is 32.2 Å². The van der Waals surface area contributed by atoms with Gasteiger partial charge in [0.05, 0.1) is 16.6 Å². The van der Waals surface area contributed by atoms with Crippen molar-refractivity contribution in [3.8, 4) is 11.5 Å². The van der Waals surface area contributed by atoms with Crippen molar-refractivity contribution in [1.82, 2.24) is 10.2 Å². The lowest BCUT2D eigenvalue weighted by Gasteiger charge is -2.35. The van der Waals surface area contributed by atoms with Crippen molar-refractivity contribution < 1.29 is 14.4 Å². The van der Waals surface area contributed by atoms with E-state index in [9.17, 15) is 10.1 Å². The highest BCUT2D eigenvalue weighted by Crippen LogP contribution is 2.42. The first kappa shape index (κ1) is 16.0. The van der Waals surface area contributed by atoms with Crippen molar-refractivity contribution in [1.29, 1.82) is 0 Å². The minimum atomic E-state index is -0.307. The number of nitro benzene ring substituents is 1. The Morgan fingerprint density at radius 1 is 1.30 bits per heavy atom. The number of hydrogen-bond acceptors (Lipinski definition) is 6. The summed E-state index contributed by atoms with van der Waals surface area (Å²) in [6, 6.07) is 3.37. The van der Waals surface area contributed by atoms with Crippen molar-refractivity contribution in [2.24, 2.45) is 0 Å². The fourth-order valence-electron chi connectivity index (χ4n) is 3.30. The lowest BCUT2D eigenvalue weighted by Crippen LogP contribution is -2.45. The van der Waals surface area contributed by atoms with E-state index in [0.29, 0.717) is 11.5 Å². The summed E-state index contributed by atoms with van der Waals surface area (Å²) in [7, 11) is 0. The number of hydrogen-bond donors (Lipinski definition) is 1. The van der Waals surface area contributed by atoms with Crippen LogP contribution in [0.3, 0.4) is 0 Å². The van der Waals surface area contributed by atoms with E-state index in [-0.39, 0.29) is 23.4 Å². The number of nitrogens with one attached hydrogen (secondary N) is 1. The number of rotatable bonds is 6. The smallest absolute Gasteiger partial charge is 0.278 e. The molecule has 7 heteroatoms. The molecule has 0 radical (unpaired) electrons. The van der Waals surface area contributed by atoms with Crippen molar-refractivity contribution in [2.45, 2.75) is 32.2 Å². The van der Waals surface area contributed by atoms with Gasteiger partial charge in [0.2, 0.25) is 6.79 Å². The van der Waals surface area contributed by atoms with E-state index in [2.05, 4.69) is 17.1 Å². The lowest BCUT2D eigenvalue weighted by atomic mass is 9.96. The van der Waals surface area contributed by atoms with Gasteiger partial charge in [0.25, 0.3) is 5.69 Å². The van der Waals surface area contributed by atoms with Crippen LogP contribution in [-0.4, -0.2) is 42.8 Å². The highest BCUT2D eigenvalue weighted by Gasteiger charge is 2.31. The van der Waals surface area contributed by atoms with Crippen molar-refractivity contribution in [3.05, 3.63) is 27.8 Å². The number of ether oxygens (including phenoxy) is 2. The molecule has 0 aliphatic carbocycles. The predicted molar refractivity (Wildman–Crippen MR) is 85.9 cm³/mol. The number of benzene rings is 1. The monoisotopic (exact) mass is 321 g/mol. The molecule has 2 heterocycles. The van der Waals surface area contributed by atoms with Crippen molar-refractivity contribution in [3.63, 3.8) is 0 Å². The summed E-state index contributed by atoms with van der Waals surface area (Å²) >= 11 is 0. The second kappa shape index (κ2) is 7.14. The molecule has 1 aromatic carbocycles. The minimum Gasteiger partial charge on any atom is -0.454 e. The quantitative estimate of drug-likeness (QED) is 0.640. The van der Waals surface area contributed by atoms with Gasteiger partial charge in [-0.1, -0.05) is 19.8 Å². The van der Waals surface area contributed by atoms with Gasteiger partial charge < -0.3 is 14.8 Å². The Hall–Kier alpha value is -1.86. The lowest BCUT2D eigenvalue weighted by molar-refractivity contribution is -0.386. The molecule has 2 aliphatic heterocycles. The van der Waals surface area contributed by atoms with Gasteiger partial charge in [0.1, 0.15) is 0 Å². The summed E-state index contributed by atoms with van der Waals surface area (Å²) in [5.74, 6) is 1.08. The molecule has 23 heavy (non-hydrogen) atoms. The van der Waals surface area contributed by atoms with Crippen LogP contribution >= 0.6 is 0 Å². The molecule has 126 valence electrons. The van der Waals surface area contributed by atoms with Crippen LogP contribution in [0.1, 0.15) is 37.8 Å². The molecule has 3 rings (SSSR count). The SMILES string of the molecule is CCCC[C@H](c1cc2c(cc1[N+](=O)[O-])OCO2)N1CCNCC1. The third-order valence-corrected chi connectivity index (χ3v) is 4.50. The largest absolute Gasteiger partial charge is 0.454 e. The van der Waals surface area contributed by atoms with Crippen LogP contribution in [0.15, 0.2) is 12.1 Å². The molecule has 1 aromatic rings. The molecular weight excluding hydrogens is 298 g/mol. The van der Waals surface area contributed by atoms with Crippen LogP contribution in [0.25, 0.3) is 0 Å². The summed E-state index contributed by atoms with van der Waals surface area (Å²) in [5, 5.41) is 14.9. The highest BCUT2D eigenvalue weighted by molar-refractivity contribution is 5.56. The first-order valence-electron chi connectivity index (χ1n) is 8.23. The Balaban J connectivity index is 1.97. The topological polar surface area (TPSA) is 76.9 Å². The number of nitro groups is 1. The normalized spacial score (nSPS) is 18.8. The molecule has 1 N–H and O–H groups in total. The molecule has 0 bridgehead atoms. The van der Waals surface area contributed by atoms with Gasteiger partial charge in [-0.2, -0.15) is 0 Å². The molecule has 1 saturated heterocycles. The van der Waals surface area contributed by atoms with Crippen LogP contribution in [0, 0.1) is 10.1 Å². The molecule has 0 amide bonds. The van der Waals surface area contributed by atoms with Crippen LogP contribution in [0.5, 0.6) is 11.5 Å². The fourth-order valence-corrected chi connectivity index (χ4v) is 3.30. The number of piperazine rings is 1. The first-order valence-corrected chi connectivity index (χ1v) is 8.23. The zero-order valence-corrected chi connectivity index (χ0v) is 13.4. The molecule has 7 nitrogen and oxygen atoms in total. The van der Waals surface area contributed by atoms with Gasteiger partial charge in [-0.15, -0.1) is 0 Å². The Kier molecular flexibility index (Phi) is 4.97. The van der Waals surface area contributed by atoms with E-state index >= 15 is 0 Å². The second-order valence-corrected chi connectivity index (χ2v) is 5.97. The van der Waals surface area contributed by atoms with Gasteiger partial charge >= 0.3 is 0 Å². The summed E-state index contributed by atoms with van der Waals surface area (Å²) in [6.07, 6.45) is 3.03. The third-order valence-electron chi connectivity index (χ3n) is 4.50. The van der Waals surface area contributed by atoms with Gasteiger partial charge in [-0.05, 0) is 12.5 Å². The third kappa shape index (κ3) is 3.40. The molecule has 0 saturated carbocycles. The fraction of sp³-hybridized carbons (Fsp3) is 0.625. The van der Waals surface area contributed by atoms with E-state index < -0.39 is 0 Å². The Morgan fingerprint density at radius 2 is 2.00 bits per heavy atom. The zero-order chi connectivity index (χ0) is 16.2. The molecular formula is C16H23N3O4. The second-order valence-electron chi connectivity index (χ2n) is 5.97. The molecule has 2 aliphatic rings. The molecule has 1 atom stereocenters. The van der Waals surface area contributed by atoms with Crippen LogP contribution in [0.2, 0.25) is 0 Å². The van der Waals surface area contributed by atoms with E-state index in [1.54, 1.807) is 0 Å². The zero-order valence-electron chi connectivity index (χ0n) is 13.4. The van der Waals surface area contributed by atoms with E-state index in [4.69, 9.17) is 9.47 Å². The average molecular weight is 321 g/mol. The molecule has 0 aromatic heterocycles. The maximum atomic E-state index is 11.6. The van der Waals surface area contributed by atoms with Crippen molar-refractivity contribution in [2.75, 3.05) is 33.0 Å². The van der Waals surface area contributed by atoms with Gasteiger partial charge in [-0.25, -0.2) is 0 Å². The molecule has 1 fully saturated rings. The van der Waals surface area contributed by atoms with Crippen LogP contribution in [-0.2, 0) is 0 Å². The first-order chi connectivity index (χ1) is 11.2. The Morgan fingerprint density at radius 3 is 2.65 bits per heavy atom. The Bertz CT molecular complexity index is 573. The summed E-state index contributed by atoms with van der Waals surface area (Å²) < 4.78 is 10.7.